The van der Waals surface area contributed by atoms with E-state index in [-0.39, 0.29) is 11.3 Å². The molecule has 0 saturated heterocycles. The van der Waals surface area contributed by atoms with E-state index in [2.05, 4.69) is 20.3 Å². The average molecular weight is 290 g/mol. The number of carbonyl (C=O) groups is 1. The number of benzene rings is 1. The van der Waals surface area contributed by atoms with Crippen LogP contribution in [0.4, 0.5) is 17.1 Å². The molecule has 8 nitrogen and oxygen atoms in total. The maximum absolute atomic E-state index is 12.2. The van der Waals surface area contributed by atoms with Crippen molar-refractivity contribution in [2.24, 2.45) is 0 Å². The molecule has 0 aliphatic rings. The van der Waals surface area contributed by atoms with E-state index >= 15 is 0 Å². The molecule has 0 saturated carbocycles. The van der Waals surface area contributed by atoms with Gasteiger partial charge in [-0.1, -0.05) is 18.1 Å². The molecule has 1 amide bonds. The summed E-state index contributed by atoms with van der Waals surface area (Å²) in [7, 11) is 0. The van der Waals surface area contributed by atoms with E-state index in [1.165, 1.54) is 18.5 Å². The molecular weight excluding hydrogens is 276 g/mol. The molecule has 2 aromatic rings. The summed E-state index contributed by atoms with van der Waals surface area (Å²) in [5, 5.41) is 20.2. The van der Waals surface area contributed by atoms with Crippen LogP contribution in [0.15, 0.2) is 35.2 Å². The van der Waals surface area contributed by atoms with E-state index in [0.717, 1.165) is 6.42 Å². The first-order valence-corrected chi connectivity index (χ1v) is 6.35. The number of amides is 1. The molecular formula is C13H14N4O4. The van der Waals surface area contributed by atoms with E-state index < -0.39 is 10.8 Å². The molecule has 21 heavy (non-hydrogen) atoms. The zero-order chi connectivity index (χ0) is 15.2. The summed E-state index contributed by atoms with van der Waals surface area (Å²) >= 11 is 0. The van der Waals surface area contributed by atoms with Gasteiger partial charge in [0.15, 0.2) is 0 Å². The predicted octanol–water partition coefficient (Wildman–Crippen LogP) is 2.66. The third-order valence-electron chi connectivity index (χ3n) is 2.72. The molecule has 0 aliphatic carbocycles. The molecule has 110 valence electrons. The van der Waals surface area contributed by atoms with Crippen molar-refractivity contribution in [3.05, 3.63) is 46.3 Å². The van der Waals surface area contributed by atoms with Gasteiger partial charge in [-0.15, -0.1) is 0 Å². The van der Waals surface area contributed by atoms with Crippen molar-refractivity contribution < 1.29 is 14.2 Å². The quantitative estimate of drug-likeness (QED) is 0.625. The van der Waals surface area contributed by atoms with Gasteiger partial charge in [0.1, 0.15) is 23.2 Å². The van der Waals surface area contributed by atoms with Crippen LogP contribution in [0.3, 0.4) is 0 Å². The summed E-state index contributed by atoms with van der Waals surface area (Å²) < 4.78 is 4.59. The molecule has 8 heteroatoms. The summed E-state index contributed by atoms with van der Waals surface area (Å²) in [5.41, 5.74) is 0.378. The highest BCUT2D eigenvalue weighted by Gasteiger charge is 2.24. The van der Waals surface area contributed by atoms with Gasteiger partial charge in [-0.3, -0.25) is 14.9 Å². The minimum atomic E-state index is -0.593. The zero-order valence-corrected chi connectivity index (χ0v) is 11.3. The number of nitrogens with one attached hydrogen (secondary N) is 2. The van der Waals surface area contributed by atoms with E-state index in [1.807, 2.05) is 6.92 Å². The summed E-state index contributed by atoms with van der Waals surface area (Å²) in [4.78, 5) is 22.8. The van der Waals surface area contributed by atoms with Crippen molar-refractivity contribution in [3.8, 4) is 0 Å². The molecule has 0 bridgehead atoms. The number of nitro benzene ring substituents is 1. The number of carbonyl (C=O) groups excluding carboxylic acids is 1. The Morgan fingerprint density at radius 2 is 2.29 bits per heavy atom. The van der Waals surface area contributed by atoms with Crippen LogP contribution in [-0.2, 0) is 0 Å². The van der Waals surface area contributed by atoms with Gasteiger partial charge in [0, 0.05) is 6.54 Å². The molecule has 2 N–H and O–H groups in total. The third-order valence-corrected chi connectivity index (χ3v) is 2.72. The third kappa shape index (κ3) is 3.35. The fraction of sp³-hybridized carbons (Fsp3) is 0.231. The van der Waals surface area contributed by atoms with Gasteiger partial charge in [-0.05, 0) is 18.6 Å². The Labute approximate surface area is 120 Å². The fourth-order valence-electron chi connectivity index (χ4n) is 1.79. The Balaban J connectivity index is 2.33. The van der Waals surface area contributed by atoms with Crippen LogP contribution < -0.4 is 10.6 Å². The molecule has 0 spiro atoms. The van der Waals surface area contributed by atoms with Gasteiger partial charge in [0.2, 0.25) is 0 Å². The van der Waals surface area contributed by atoms with Gasteiger partial charge >= 0.3 is 5.69 Å². The summed E-state index contributed by atoms with van der Waals surface area (Å²) in [6, 6.07) is 4.57. The Bertz CT molecular complexity index is 640. The van der Waals surface area contributed by atoms with Crippen molar-refractivity contribution in [2.75, 3.05) is 17.2 Å². The van der Waals surface area contributed by atoms with E-state index in [4.69, 9.17) is 0 Å². The summed E-state index contributed by atoms with van der Waals surface area (Å²) in [6.45, 7) is 2.53. The van der Waals surface area contributed by atoms with E-state index in [1.54, 1.807) is 12.1 Å². The first kappa shape index (κ1) is 14.5. The first-order chi connectivity index (χ1) is 10.1. The Kier molecular flexibility index (Phi) is 4.50. The van der Waals surface area contributed by atoms with Gasteiger partial charge in [-0.2, -0.15) is 0 Å². The SMILES string of the molecule is CCCNc1cccc(C(=O)Nc2cnoc2)c1[N+](=O)[O-]. The highest BCUT2D eigenvalue weighted by molar-refractivity contribution is 6.08. The smallest absolute Gasteiger partial charge is 0.305 e. The van der Waals surface area contributed by atoms with Crippen LogP contribution in [0, 0.1) is 10.1 Å². The lowest BCUT2D eigenvalue weighted by atomic mass is 10.1. The van der Waals surface area contributed by atoms with Crippen LogP contribution in [-0.4, -0.2) is 22.5 Å². The average Bonchev–Trinajstić information content (AvgIpc) is 2.97. The molecule has 0 fully saturated rings. The number of anilines is 2. The Morgan fingerprint density at radius 3 is 2.90 bits per heavy atom. The van der Waals surface area contributed by atoms with Crippen LogP contribution in [0.25, 0.3) is 0 Å². The highest BCUT2D eigenvalue weighted by atomic mass is 16.6. The molecule has 1 heterocycles. The molecule has 0 atom stereocenters. The Morgan fingerprint density at radius 1 is 1.48 bits per heavy atom. The van der Waals surface area contributed by atoms with Crippen LogP contribution >= 0.6 is 0 Å². The van der Waals surface area contributed by atoms with Gasteiger partial charge in [-0.25, -0.2) is 0 Å². The van der Waals surface area contributed by atoms with Crippen molar-refractivity contribution in [2.45, 2.75) is 13.3 Å². The lowest BCUT2D eigenvalue weighted by Crippen LogP contribution is -2.15. The summed E-state index contributed by atoms with van der Waals surface area (Å²) in [5.74, 6) is -0.593. The second-order valence-electron chi connectivity index (χ2n) is 4.25. The monoisotopic (exact) mass is 290 g/mol. The molecule has 1 aromatic heterocycles. The lowest BCUT2D eigenvalue weighted by molar-refractivity contribution is -0.384. The molecule has 2 rings (SSSR count). The van der Waals surface area contributed by atoms with Crippen molar-refractivity contribution >= 4 is 23.0 Å². The number of hydrogen-bond acceptors (Lipinski definition) is 6. The maximum atomic E-state index is 12.2. The number of para-hydroxylation sites is 1. The molecule has 1 aromatic carbocycles. The standard InChI is InChI=1S/C13H14N4O4/c1-2-6-14-11-5-3-4-10(12(11)17(19)20)13(18)16-9-7-15-21-8-9/h3-5,7-8,14H,2,6H2,1H3,(H,16,18). The molecule has 0 unspecified atom stereocenters. The Hall–Kier alpha value is -2.90. The number of nitrogens with zero attached hydrogens (tertiary/aromatic N) is 2. The maximum Gasteiger partial charge on any atom is 0.305 e. The van der Waals surface area contributed by atoms with Crippen LogP contribution in [0.1, 0.15) is 23.7 Å². The molecule has 0 radical (unpaired) electrons. The van der Waals surface area contributed by atoms with Crippen LogP contribution in [0.5, 0.6) is 0 Å². The second kappa shape index (κ2) is 6.51. The van der Waals surface area contributed by atoms with Gasteiger partial charge in [0.25, 0.3) is 5.91 Å². The topological polar surface area (TPSA) is 110 Å². The van der Waals surface area contributed by atoms with Gasteiger partial charge in [0.05, 0.1) is 11.1 Å². The number of rotatable bonds is 6. The van der Waals surface area contributed by atoms with E-state index in [0.29, 0.717) is 17.9 Å². The van der Waals surface area contributed by atoms with Crippen molar-refractivity contribution in [3.63, 3.8) is 0 Å². The highest BCUT2D eigenvalue weighted by Crippen LogP contribution is 2.29. The number of nitro groups is 1. The first-order valence-electron chi connectivity index (χ1n) is 6.35. The predicted molar refractivity (Wildman–Crippen MR) is 76.3 cm³/mol. The minimum absolute atomic E-state index is 0.0256. The van der Waals surface area contributed by atoms with Crippen molar-refractivity contribution in [1.29, 1.82) is 0 Å². The number of hydrogen-bond donors (Lipinski definition) is 2. The van der Waals surface area contributed by atoms with E-state index in [9.17, 15) is 14.9 Å². The fourth-order valence-corrected chi connectivity index (χ4v) is 1.79. The minimum Gasteiger partial charge on any atom is -0.379 e. The normalized spacial score (nSPS) is 10.1. The van der Waals surface area contributed by atoms with Crippen molar-refractivity contribution in [1.82, 2.24) is 5.16 Å². The van der Waals surface area contributed by atoms with Crippen LogP contribution in [0.2, 0.25) is 0 Å². The molecule has 0 aliphatic heterocycles. The lowest BCUT2D eigenvalue weighted by Gasteiger charge is -2.09. The second-order valence-corrected chi connectivity index (χ2v) is 4.25. The largest absolute Gasteiger partial charge is 0.379 e. The van der Waals surface area contributed by atoms with Gasteiger partial charge < -0.3 is 15.2 Å². The number of aromatic nitrogens is 1. The zero-order valence-electron chi connectivity index (χ0n) is 11.3. The summed E-state index contributed by atoms with van der Waals surface area (Å²) in [6.07, 6.45) is 3.36.